The first-order chi connectivity index (χ1) is 10.8. The number of nitrogens with zero attached hydrogens (tertiary/aromatic N) is 2. The van der Waals surface area contributed by atoms with Crippen molar-refractivity contribution in [3.8, 4) is 0 Å². The molecule has 0 unspecified atom stereocenters. The van der Waals surface area contributed by atoms with Gasteiger partial charge in [-0.25, -0.2) is 4.79 Å². The van der Waals surface area contributed by atoms with Crippen molar-refractivity contribution >= 4 is 35.6 Å². The maximum atomic E-state index is 12.0. The number of aromatic nitrogens is 2. The molecule has 6 nitrogen and oxygen atoms in total. The number of hydrogen-bond acceptors (Lipinski definition) is 5. The van der Waals surface area contributed by atoms with Crippen LogP contribution in [-0.4, -0.2) is 26.0 Å². The molecular weight excluding hydrogens is 334 g/mol. The van der Waals surface area contributed by atoms with E-state index in [0.717, 1.165) is 23.4 Å². The Morgan fingerprint density at radius 1 is 1.39 bits per heavy atom. The standard InChI is InChI=1S/C15H23N3O3S2/c1-10(23-9-8-12(19)20)6-4-5-7-11-13(16)14(22)18(3)15(21)17(11)2/h6H,4-5,7-9,16H2,1-3H3,(H,19,20)/b10-6-. The molecule has 0 atom stereocenters. The highest BCUT2D eigenvalue weighted by atomic mass is 32.2. The van der Waals surface area contributed by atoms with Gasteiger partial charge < -0.3 is 10.8 Å². The molecule has 0 spiro atoms. The maximum Gasteiger partial charge on any atom is 0.328 e. The summed E-state index contributed by atoms with van der Waals surface area (Å²) in [5.74, 6) is -0.202. The van der Waals surface area contributed by atoms with Gasteiger partial charge in [0.05, 0.1) is 12.1 Å². The smallest absolute Gasteiger partial charge is 0.328 e. The van der Waals surface area contributed by atoms with Crippen molar-refractivity contribution in [1.82, 2.24) is 9.13 Å². The molecule has 0 saturated heterocycles. The number of nitrogens with two attached hydrogens (primary N) is 1. The minimum Gasteiger partial charge on any atom is -0.481 e. The zero-order chi connectivity index (χ0) is 17.6. The van der Waals surface area contributed by atoms with Crippen molar-refractivity contribution in [2.75, 3.05) is 11.5 Å². The molecule has 0 bridgehead atoms. The van der Waals surface area contributed by atoms with E-state index in [1.807, 2.05) is 6.92 Å². The molecule has 0 aliphatic heterocycles. The topological polar surface area (TPSA) is 90.2 Å². The number of anilines is 1. The van der Waals surface area contributed by atoms with Crippen LogP contribution in [0, 0.1) is 4.64 Å². The van der Waals surface area contributed by atoms with Crippen LogP contribution >= 0.6 is 24.0 Å². The summed E-state index contributed by atoms with van der Waals surface area (Å²) in [7, 11) is 3.32. The molecule has 0 aliphatic rings. The third-order valence-corrected chi connectivity index (χ3v) is 5.04. The van der Waals surface area contributed by atoms with Crippen LogP contribution in [0.4, 0.5) is 5.69 Å². The molecule has 0 aliphatic carbocycles. The predicted molar refractivity (Wildman–Crippen MR) is 97.3 cm³/mol. The van der Waals surface area contributed by atoms with Gasteiger partial charge in [-0.3, -0.25) is 13.9 Å². The summed E-state index contributed by atoms with van der Waals surface area (Å²) in [5.41, 5.74) is 7.11. The molecule has 8 heteroatoms. The molecule has 1 heterocycles. The normalized spacial score (nSPS) is 11.7. The summed E-state index contributed by atoms with van der Waals surface area (Å²) >= 11 is 6.72. The number of carboxylic acids is 1. The Bertz CT molecular complexity index is 683. The first-order valence-corrected chi connectivity index (χ1v) is 8.70. The van der Waals surface area contributed by atoms with E-state index in [1.54, 1.807) is 30.4 Å². The number of unbranched alkanes of at least 4 members (excludes halogenated alkanes) is 1. The van der Waals surface area contributed by atoms with E-state index in [0.29, 0.717) is 22.5 Å². The average Bonchev–Trinajstić information content (AvgIpc) is 2.50. The van der Waals surface area contributed by atoms with Gasteiger partial charge in [-0.2, -0.15) is 0 Å². The van der Waals surface area contributed by atoms with Crippen LogP contribution in [0.2, 0.25) is 0 Å². The van der Waals surface area contributed by atoms with Gasteiger partial charge in [0.1, 0.15) is 4.64 Å². The van der Waals surface area contributed by atoms with E-state index < -0.39 is 5.97 Å². The fraction of sp³-hybridized carbons (Fsp3) is 0.533. The minimum atomic E-state index is -0.779. The van der Waals surface area contributed by atoms with Crippen molar-refractivity contribution in [3.63, 3.8) is 0 Å². The number of carbonyl (C=O) groups is 1. The molecule has 0 aromatic carbocycles. The lowest BCUT2D eigenvalue weighted by Gasteiger charge is -2.13. The van der Waals surface area contributed by atoms with Crippen LogP contribution in [0.3, 0.4) is 0 Å². The lowest BCUT2D eigenvalue weighted by Crippen LogP contribution is -2.31. The number of thioether (sulfide) groups is 1. The second-order valence-electron chi connectivity index (χ2n) is 5.27. The van der Waals surface area contributed by atoms with Crippen LogP contribution < -0.4 is 11.4 Å². The molecule has 0 radical (unpaired) electrons. The zero-order valence-electron chi connectivity index (χ0n) is 13.7. The van der Waals surface area contributed by atoms with Gasteiger partial charge in [0.25, 0.3) is 0 Å². The van der Waals surface area contributed by atoms with Crippen LogP contribution in [0.1, 0.15) is 31.9 Å². The molecule has 128 valence electrons. The third kappa shape index (κ3) is 5.54. The highest BCUT2D eigenvalue weighted by Crippen LogP contribution is 2.18. The van der Waals surface area contributed by atoms with E-state index in [4.69, 9.17) is 23.1 Å². The molecule has 1 aromatic heterocycles. The molecule has 1 rings (SSSR count). The summed E-state index contributed by atoms with van der Waals surface area (Å²) < 4.78 is 3.29. The number of nitrogen functional groups attached to an aromatic ring is 1. The molecule has 1 aromatic rings. The summed E-state index contributed by atoms with van der Waals surface area (Å²) in [6.45, 7) is 1.97. The SMILES string of the molecule is C/C(=C/CCCc1c(N)c(=S)n(C)c(=O)n1C)SCCC(=O)O. The fourth-order valence-electron chi connectivity index (χ4n) is 2.15. The van der Waals surface area contributed by atoms with Gasteiger partial charge in [-0.05, 0) is 31.1 Å². The molecule has 0 fully saturated rings. The molecule has 0 amide bonds. The number of rotatable bonds is 8. The quantitative estimate of drug-likeness (QED) is 0.549. The largest absolute Gasteiger partial charge is 0.481 e. The van der Waals surface area contributed by atoms with E-state index in [-0.39, 0.29) is 12.1 Å². The lowest BCUT2D eigenvalue weighted by atomic mass is 10.1. The molecular formula is C15H23N3O3S2. The van der Waals surface area contributed by atoms with Gasteiger partial charge in [0.2, 0.25) is 0 Å². The highest BCUT2D eigenvalue weighted by Gasteiger charge is 2.09. The minimum absolute atomic E-state index is 0.164. The van der Waals surface area contributed by atoms with Crippen molar-refractivity contribution in [1.29, 1.82) is 0 Å². The zero-order valence-corrected chi connectivity index (χ0v) is 15.3. The van der Waals surface area contributed by atoms with Gasteiger partial charge in [-0.1, -0.05) is 18.3 Å². The highest BCUT2D eigenvalue weighted by molar-refractivity contribution is 8.03. The first kappa shape index (κ1) is 19.5. The van der Waals surface area contributed by atoms with Gasteiger partial charge in [0, 0.05) is 25.5 Å². The number of aliphatic carboxylic acids is 1. The van der Waals surface area contributed by atoms with E-state index >= 15 is 0 Å². The van der Waals surface area contributed by atoms with Crippen LogP contribution in [0.25, 0.3) is 0 Å². The summed E-state index contributed by atoms with van der Waals surface area (Å²) in [6, 6.07) is 0. The summed E-state index contributed by atoms with van der Waals surface area (Å²) in [5, 5.41) is 8.60. The van der Waals surface area contributed by atoms with E-state index in [9.17, 15) is 9.59 Å². The Kier molecular flexibility index (Phi) is 7.57. The molecule has 3 N–H and O–H groups in total. The predicted octanol–water partition coefficient (Wildman–Crippen LogP) is 2.47. The van der Waals surface area contributed by atoms with Gasteiger partial charge in [0.15, 0.2) is 0 Å². The van der Waals surface area contributed by atoms with Crippen LogP contribution in [0.15, 0.2) is 15.8 Å². The average molecular weight is 358 g/mol. The monoisotopic (exact) mass is 357 g/mol. The summed E-state index contributed by atoms with van der Waals surface area (Å²) in [4.78, 5) is 23.6. The van der Waals surface area contributed by atoms with Crippen LogP contribution in [0.5, 0.6) is 0 Å². The van der Waals surface area contributed by atoms with Crippen molar-refractivity contribution < 1.29 is 9.90 Å². The third-order valence-electron chi connectivity index (χ3n) is 3.52. The number of carboxylic acid groups (broad SMARTS) is 1. The maximum absolute atomic E-state index is 12.0. The van der Waals surface area contributed by atoms with E-state index in [2.05, 4.69) is 6.08 Å². The van der Waals surface area contributed by atoms with Crippen molar-refractivity contribution in [2.45, 2.75) is 32.6 Å². The second kappa shape index (κ2) is 8.93. The molecule has 0 saturated carbocycles. The number of hydrogen-bond donors (Lipinski definition) is 2. The lowest BCUT2D eigenvalue weighted by molar-refractivity contribution is -0.136. The molecule has 23 heavy (non-hydrogen) atoms. The first-order valence-electron chi connectivity index (χ1n) is 7.31. The Morgan fingerprint density at radius 3 is 2.65 bits per heavy atom. The van der Waals surface area contributed by atoms with Crippen molar-refractivity contribution in [2.24, 2.45) is 14.1 Å². The van der Waals surface area contributed by atoms with Gasteiger partial charge >= 0.3 is 11.7 Å². The van der Waals surface area contributed by atoms with E-state index in [1.165, 1.54) is 4.57 Å². The Labute approximate surface area is 145 Å². The van der Waals surface area contributed by atoms with Gasteiger partial charge in [-0.15, -0.1) is 11.8 Å². The summed E-state index contributed by atoms with van der Waals surface area (Å²) in [6.07, 6.45) is 4.60. The Hall–Kier alpha value is -1.54. The Balaban J connectivity index is 2.62. The second-order valence-corrected chi connectivity index (χ2v) is 6.99. The Morgan fingerprint density at radius 2 is 2.04 bits per heavy atom. The van der Waals surface area contributed by atoms with Crippen molar-refractivity contribution in [3.05, 3.63) is 31.8 Å². The number of allylic oxidation sites excluding steroid dienone is 2. The van der Waals surface area contributed by atoms with Crippen LogP contribution in [-0.2, 0) is 25.3 Å². The fourth-order valence-corrected chi connectivity index (χ4v) is 3.18.